The lowest BCUT2D eigenvalue weighted by Crippen LogP contribution is -2.50. The molecule has 0 bridgehead atoms. The van der Waals surface area contributed by atoms with E-state index in [-0.39, 0.29) is 12.5 Å². The Morgan fingerprint density at radius 2 is 1.90 bits per heavy atom. The fourth-order valence-corrected chi connectivity index (χ4v) is 3.27. The van der Waals surface area contributed by atoms with Crippen molar-refractivity contribution in [1.82, 2.24) is 15.0 Å². The van der Waals surface area contributed by atoms with Gasteiger partial charge in [-0.3, -0.25) is 4.79 Å². The number of carbonyl (C=O) groups is 1. The molecule has 0 unspecified atom stereocenters. The summed E-state index contributed by atoms with van der Waals surface area (Å²) in [5.41, 5.74) is 1.94. The summed E-state index contributed by atoms with van der Waals surface area (Å²) in [6.07, 6.45) is 0. The quantitative estimate of drug-likeness (QED) is 0.639. The van der Waals surface area contributed by atoms with Gasteiger partial charge in [0, 0.05) is 36.8 Å². The average molecular weight is 413 g/mol. The van der Waals surface area contributed by atoms with Crippen LogP contribution in [0.15, 0.2) is 53.1 Å². The average Bonchev–Trinajstić information content (AvgIpc) is 3.23. The number of piperazine rings is 1. The van der Waals surface area contributed by atoms with Crippen molar-refractivity contribution < 1.29 is 14.1 Å². The second-order valence-corrected chi connectivity index (χ2v) is 7.32. The number of aromatic nitrogens is 2. The van der Waals surface area contributed by atoms with E-state index >= 15 is 0 Å². The van der Waals surface area contributed by atoms with E-state index in [9.17, 15) is 4.79 Å². The summed E-state index contributed by atoms with van der Waals surface area (Å²) in [6, 6.07) is 15.4. The van der Waals surface area contributed by atoms with Gasteiger partial charge in [0.05, 0.1) is 0 Å². The molecule has 0 saturated carbocycles. The molecule has 3 aromatic rings. The van der Waals surface area contributed by atoms with E-state index in [1.165, 1.54) is 0 Å². The van der Waals surface area contributed by atoms with Gasteiger partial charge in [0.1, 0.15) is 5.75 Å². The van der Waals surface area contributed by atoms with Crippen LogP contribution in [0.1, 0.15) is 5.56 Å². The zero-order valence-electron chi connectivity index (χ0n) is 16.0. The number of aryl methyl sites for hydroxylation is 1. The lowest BCUT2D eigenvalue weighted by molar-refractivity contribution is -0.133. The van der Waals surface area contributed by atoms with E-state index in [0.717, 1.165) is 11.1 Å². The van der Waals surface area contributed by atoms with Crippen LogP contribution in [0.5, 0.6) is 5.75 Å². The van der Waals surface area contributed by atoms with Crippen LogP contribution in [0.25, 0.3) is 11.4 Å². The zero-order valence-corrected chi connectivity index (χ0v) is 16.8. The lowest BCUT2D eigenvalue weighted by atomic mass is 10.2. The fourth-order valence-electron chi connectivity index (χ4n) is 3.15. The van der Waals surface area contributed by atoms with Gasteiger partial charge in [0.15, 0.2) is 6.61 Å². The predicted octanol–water partition coefficient (Wildman–Crippen LogP) is 3.43. The highest BCUT2D eigenvalue weighted by Gasteiger charge is 2.24. The SMILES string of the molecule is Cc1cccc(OCC(=O)N2CCN(c3nc(-c4ccc(Cl)cc4)no3)CC2)c1. The van der Waals surface area contributed by atoms with Crippen molar-refractivity contribution in [2.75, 3.05) is 37.7 Å². The van der Waals surface area contributed by atoms with Crippen LogP contribution in [0.3, 0.4) is 0 Å². The highest BCUT2D eigenvalue weighted by Crippen LogP contribution is 2.22. The monoisotopic (exact) mass is 412 g/mol. The standard InChI is InChI=1S/C21H21ClN4O3/c1-15-3-2-4-18(13-15)28-14-19(27)25-9-11-26(12-10-25)21-23-20(24-29-21)16-5-7-17(22)8-6-16/h2-8,13H,9-12,14H2,1H3. The highest BCUT2D eigenvalue weighted by molar-refractivity contribution is 6.30. The summed E-state index contributed by atoms with van der Waals surface area (Å²) in [5.74, 6) is 1.19. The first kappa shape index (κ1) is 19.3. The minimum absolute atomic E-state index is 0.0291. The maximum absolute atomic E-state index is 12.4. The second-order valence-electron chi connectivity index (χ2n) is 6.88. The number of amides is 1. The van der Waals surface area contributed by atoms with Gasteiger partial charge in [0.2, 0.25) is 5.82 Å². The molecule has 0 atom stereocenters. The molecule has 0 spiro atoms. The molecule has 1 aliphatic rings. The van der Waals surface area contributed by atoms with Crippen molar-refractivity contribution in [1.29, 1.82) is 0 Å². The molecule has 7 nitrogen and oxygen atoms in total. The molecular formula is C21H21ClN4O3. The molecule has 0 aliphatic carbocycles. The molecular weight excluding hydrogens is 392 g/mol. The number of nitrogens with zero attached hydrogens (tertiary/aromatic N) is 4. The lowest BCUT2D eigenvalue weighted by Gasteiger charge is -2.33. The van der Waals surface area contributed by atoms with Gasteiger partial charge in [-0.2, -0.15) is 4.98 Å². The topological polar surface area (TPSA) is 71.7 Å². The van der Waals surface area contributed by atoms with Crippen molar-refractivity contribution in [3.8, 4) is 17.1 Å². The van der Waals surface area contributed by atoms with Gasteiger partial charge in [-0.05, 0) is 48.9 Å². The van der Waals surface area contributed by atoms with Gasteiger partial charge in [-0.15, -0.1) is 0 Å². The van der Waals surface area contributed by atoms with Crippen LogP contribution in [0.2, 0.25) is 5.02 Å². The van der Waals surface area contributed by atoms with Crippen molar-refractivity contribution >= 4 is 23.5 Å². The van der Waals surface area contributed by atoms with Crippen molar-refractivity contribution in [3.63, 3.8) is 0 Å². The molecule has 1 saturated heterocycles. The third-order valence-electron chi connectivity index (χ3n) is 4.77. The van der Waals surface area contributed by atoms with E-state index in [0.29, 0.717) is 48.8 Å². The van der Waals surface area contributed by atoms with Crippen molar-refractivity contribution in [2.45, 2.75) is 6.92 Å². The Morgan fingerprint density at radius 1 is 1.14 bits per heavy atom. The van der Waals surface area contributed by atoms with Gasteiger partial charge in [-0.1, -0.05) is 28.9 Å². The molecule has 1 amide bonds. The van der Waals surface area contributed by atoms with Crippen LogP contribution in [0.4, 0.5) is 6.01 Å². The normalized spacial score (nSPS) is 14.1. The van der Waals surface area contributed by atoms with Crippen LogP contribution in [0, 0.1) is 6.92 Å². The molecule has 2 heterocycles. The first-order valence-corrected chi connectivity index (χ1v) is 9.78. The van der Waals surface area contributed by atoms with E-state index in [1.54, 1.807) is 17.0 Å². The number of rotatable bonds is 5. The van der Waals surface area contributed by atoms with Gasteiger partial charge in [0.25, 0.3) is 5.91 Å². The summed E-state index contributed by atoms with van der Waals surface area (Å²) >= 11 is 5.92. The number of hydrogen-bond donors (Lipinski definition) is 0. The number of halogens is 1. The molecule has 8 heteroatoms. The number of carbonyl (C=O) groups excluding carboxylic acids is 1. The summed E-state index contributed by atoms with van der Waals surface area (Å²) in [4.78, 5) is 20.7. The van der Waals surface area contributed by atoms with Crippen LogP contribution >= 0.6 is 11.6 Å². The number of anilines is 1. The van der Waals surface area contributed by atoms with Crippen LogP contribution < -0.4 is 9.64 Å². The molecule has 4 rings (SSSR count). The third kappa shape index (κ3) is 4.68. The smallest absolute Gasteiger partial charge is 0.324 e. The van der Waals surface area contributed by atoms with E-state index in [2.05, 4.69) is 10.1 Å². The Kier molecular flexibility index (Phi) is 5.67. The minimum atomic E-state index is -0.0291. The third-order valence-corrected chi connectivity index (χ3v) is 5.02. The molecule has 0 radical (unpaired) electrons. The van der Waals surface area contributed by atoms with E-state index in [1.807, 2.05) is 48.2 Å². The molecule has 1 aromatic heterocycles. The molecule has 1 fully saturated rings. The number of ether oxygens (including phenoxy) is 1. The summed E-state index contributed by atoms with van der Waals surface area (Å²) in [6.45, 7) is 4.43. The van der Waals surface area contributed by atoms with E-state index in [4.69, 9.17) is 20.9 Å². The maximum Gasteiger partial charge on any atom is 0.324 e. The predicted molar refractivity (Wildman–Crippen MR) is 110 cm³/mol. The number of benzene rings is 2. The Balaban J connectivity index is 1.30. The number of hydrogen-bond acceptors (Lipinski definition) is 6. The Morgan fingerprint density at radius 3 is 2.62 bits per heavy atom. The Labute approximate surface area is 173 Å². The van der Waals surface area contributed by atoms with Crippen molar-refractivity contribution in [2.24, 2.45) is 0 Å². The molecule has 150 valence electrons. The summed E-state index contributed by atoms with van der Waals surface area (Å²) < 4.78 is 11.0. The molecule has 2 aromatic carbocycles. The summed E-state index contributed by atoms with van der Waals surface area (Å²) in [7, 11) is 0. The van der Waals surface area contributed by atoms with Crippen LogP contribution in [-0.2, 0) is 4.79 Å². The molecule has 29 heavy (non-hydrogen) atoms. The largest absolute Gasteiger partial charge is 0.484 e. The first-order chi connectivity index (χ1) is 14.1. The highest BCUT2D eigenvalue weighted by atomic mass is 35.5. The maximum atomic E-state index is 12.4. The summed E-state index contributed by atoms with van der Waals surface area (Å²) in [5, 5.41) is 4.70. The van der Waals surface area contributed by atoms with E-state index < -0.39 is 0 Å². The van der Waals surface area contributed by atoms with Gasteiger partial charge >= 0.3 is 6.01 Å². The zero-order chi connectivity index (χ0) is 20.2. The fraction of sp³-hybridized carbons (Fsp3) is 0.286. The van der Waals surface area contributed by atoms with Crippen LogP contribution in [-0.4, -0.2) is 53.7 Å². The van der Waals surface area contributed by atoms with Gasteiger partial charge < -0.3 is 19.1 Å². The first-order valence-electron chi connectivity index (χ1n) is 9.40. The van der Waals surface area contributed by atoms with Crippen molar-refractivity contribution in [3.05, 3.63) is 59.1 Å². The Bertz CT molecular complexity index is 982. The molecule has 1 aliphatic heterocycles. The Hall–Kier alpha value is -3.06. The van der Waals surface area contributed by atoms with Gasteiger partial charge in [-0.25, -0.2) is 0 Å². The second kappa shape index (κ2) is 8.53. The minimum Gasteiger partial charge on any atom is -0.484 e. The molecule has 0 N–H and O–H groups in total.